The number of aliphatic hydroxyl groups is 1. The van der Waals surface area contributed by atoms with Crippen LogP contribution in [0.3, 0.4) is 0 Å². The van der Waals surface area contributed by atoms with Crippen LogP contribution >= 0.6 is 0 Å². The third-order valence-corrected chi connectivity index (χ3v) is 3.71. The molecule has 1 unspecified atom stereocenters. The minimum Gasteiger partial charge on any atom is -0.455 e. The molecule has 1 heterocycles. The van der Waals surface area contributed by atoms with Gasteiger partial charge in [0.1, 0.15) is 0 Å². The SMILES string of the molecule is CCCCCCCCCCCC(=O)O[C@H]1CC(=O)OC1O. The van der Waals surface area contributed by atoms with E-state index >= 15 is 0 Å². The number of rotatable bonds is 11. The highest BCUT2D eigenvalue weighted by Gasteiger charge is 2.36. The van der Waals surface area contributed by atoms with Crippen molar-refractivity contribution < 1.29 is 24.2 Å². The lowest BCUT2D eigenvalue weighted by atomic mass is 10.1. The molecule has 5 nitrogen and oxygen atoms in total. The lowest BCUT2D eigenvalue weighted by Gasteiger charge is -2.12. The summed E-state index contributed by atoms with van der Waals surface area (Å²) in [6.07, 6.45) is 8.85. The van der Waals surface area contributed by atoms with Gasteiger partial charge in [0.15, 0.2) is 6.10 Å². The minimum absolute atomic E-state index is 0.0509. The number of unbranched alkanes of at least 4 members (excludes halogenated alkanes) is 8. The summed E-state index contributed by atoms with van der Waals surface area (Å²) < 4.78 is 9.54. The molecule has 1 rings (SSSR count). The molecule has 0 saturated carbocycles. The highest BCUT2D eigenvalue weighted by molar-refractivity contribution is 5.74. The zero-order valence-electron chi connectivity index (χ0n) is 13.0. The van der Waals surface area contributed by atoms with Crippen LogP contribution < -0.4 is 0 Å². The lowest BCUT2D eigenvalue weighted by molar-refractivity contribution is -0.173. The molecule has 1 aliphatic rings. The number of cyclic esters (lactones) is 1. The van der Waals surface area contributed by atoms with Crippen LogP contribution in [0.1, 0.15) is 77.6 Å². The summed E-state index contributed by atoms with van der Waals surface area (Å²) in [4.78, 5) is 22.5. The fourth-order valence-electron chi connectivity index (χ4n) is 2.43. The predicted molar refractivity (Wildman–Crippen MR) is 78.4 cm³/mol. The maximum atomic E-state index is 11.6. The molecule has 0 aromatic heterocycles. The van der Waals surface area contributed by atoms with Crippen LogP contribution in [-0.4, -0.2) is 29.4 Å². The summed E-state index contributed by atoms with van der Waals surface area (Å²) in [5, 5.41) is 9.32. The topological polar surface area (TPSA) is 72.8 Å². The molecule has 1 aliphatic heterocycles. The number of carbonyl (C=O) groups is 2. The number of ether oxygens (including phenoxy) is 2. The van der Waals surface area contributed by atoms with Crippen LogP contribution in [0.5, 0.6) is 0 Å². The molecule has 0 aromatic carbocycles. The molecule has 21 heavy (non-hydrogen) atoms. The maximum absolute atomic E-state index is 11.6. The summed E-state index contributed by atoms with van der Waals surface area (Å²) in [6, 6.07) is 0. The number of hydrogen-bond donors (Lipinski definition) is 1. The predicted octanol–water partition coefficient (Wildman–Crippen LogP) is 3.08. The Morgan fingerprint density at radius 1 is 1.14 bits per heavy atom. The van der Waals surface area contributed by atoms with E-state index in [1.807, 2.05) is 0 Å². The van der Waals surface area contributed by atoms with Gasteiger partial charge in [-0.1, -0.05) is 58.3 Å². The first kappa shape index (κ1) is 18.0. The number of aliphatic hydroxyl groups excluding tert-OH is 1. The summed E-state index contributed by atoms with van der Waals surface area (Å²) in [6.45, 7) is 2.21. The van der Waals surface area contributed by atoms with Crippen LogP contribution in [0.25, 0.3) is 0 Å². The number of hydrogen-bond acceptors (Lipinski definition) is 5. The van der Waals surface area contributed by atoms with Crippen molar-refractivity contribution in [1.29, 1.82) is 0 Å². The fraction of sp³-hybridized carbons (Fsp3) is 0.875. The van der Waals surface area contributed by atoms with Crippen LogP contribution in [0.4, 0.5) is 0 Å². The fourth-order valence-corrected chi connectivity index (χ4v) is 2.43. The number of carbonyl (C=O) groups excluding carboxylic acids is 2. The Kier molecular flexibility index (Phi) is 9.06. The van der Waals surface area contributed by atoms with Crippen LogP contribution in [-0.2, 0) is 19.1 Å². The lowest BCUT2D eigenvalue weighted by Crippen LogP contribution is -2.26. The van der Waals surface area contributed by atoms with E-state index in [2.05, 4.69) is 11.7 Å². The van der Waals surface area contributed by atoms with E-state index in [1.54, 1.807) is 0 Å². The molecule has 0 radical (unpaired) electrons. The van der Waals surface area contributed by atoms with Crippen LogP contribution in [0.2, 0.25) is 0 Å². The second kappa shape index (κ2) is 10.6. The molecule has 1 fully saturated rings. The van der Waals surface area contributed by atoms with Gasteiger partial charge in [-0.2, -0.15) is 0 Å². The van der Waals surface area contributed by atoms with Gasteiger partial charge in [-0.3, -0.25) is 9.59 Å². The monoisotopic (exact) mass is 300 g/mol. The zero-order valence-corrected chi connectivity index (χ0v) is 13.0. The molecule has 0 bridgehead atoms. The van der Waals surface area contributed by atoms with Gasteiger partial charge in [0.05, 0.1) is 6.42 Å². The van der Waals surface area contributed by atoms with Gasteiger partial charge in [0.2, 0.25) is 6.29 Å². The number of esters is 2. The van der Waals surface area contributed by atoms with Crippen molar-refractivity contribution in [2.75, 3.05) is 0 Å². The van der Waals surface area contributed by atoms with Gasteiger partial charge in [-0.25, -0.2) is 0 Å². The third kappa shape index (κ3) is 8.05. The zero-order chi connectivity index (χ0) is 15.5. The van der Waals surface area contributed by atoms with Gasteiger partial charge < -0.3 is 14.6 Å². The van der Waals surface area contributed by atoms with Crippen molar-refractivity contribution in [2.24, 2.45) is 0 Å². The molecule has 0 aromatic rings. The Balaban J connectivity index is 1.93. The molecule has 122 valence electrons. The van der Waals surface area contributed by atoms with Crippen molar-refractivity contribution in [1.82, 2.24) is 0 Å². The Hall–Kier alpha value is -1.10. The summed E-state index contributed by atoms with van der Waals surface area (Å²) >= 11 is 0. The first-order valence-corrected chi connectivity index (χ1v) is 8.20. The van der Waals surface area contributed by atoms with Gasteiger partial charge in [-0.05, 0) is 6.42 Å². The van der Waals surface area contributed by atoms with E-state index in [4.69, 9.17) is 4.74 Å². The van der Waals surface area contributed by atoms with Gasteiger partial charge in [0, 0.05) is 6.42 Å². The quantitative estimate of drug-likeness (QED) is 0.469. The smallest absolute Gasteiger partial charge is 0.312 e. The van der Waals surface area contributed by atoms with E-state index in [-0.39, 0.29) is 12.4 Å². The molecule has 1 N–H and O–H groups in total. The average molecular weight is 300 g/mol. The van der Waals surface area contributed by atoms with E-state index in [0.717, 1.165) is 19.3 Å². The van der Waals surface area contributed by atoms with E-state index in [0.29, 0.717) is 6.42 Å². The van der Waals surface area contributed by atoms with Crippen LogP contribution in [0, 0.1) is 0 Å². The van der Waals surface area contributed by atoms with Crippen molar-refractivity contribution in [2.45, 2.75) is 89.9 Å². The standard InChI is InChI=1S/C16H28O5/c1-2-3-4-5-6-7-8-9-10-11-14(17)20-13-12-15(18)21-16(13)19/h13,16,19H,2-12H2,1H3/t13-,16?/m0/s1. The highest BCUT2D eigenvalue weighted by Crippen LogP contribution is 2.17. The molecule has 0 amide bonds. The first-order chi connectivity index (χ1) is 10.1. The normalized spacial score (nSPS) is 21.3. The van der Waals surface area contributed by atoms with E-state index < -0.39 is 18.4 Å². The van der Waals surface area contributed by atoms with E-state index in [9.17, 15) is 14.7 Å². The molecule has 2 atom stereocenters. The molecule has 0 spiro atoms. The van der Waals surface area contributed by atoms with Crippen molar-refractivity contribution in [3.63, 3.8) is 0 Å². The highest BCUT2D eigenvalue weighted by atomic mass is 16.7. The van der Waals surface area contributed by atoms with Gasteiger partial charge >= 0.3 is 11.9 Å². The molecule has 1 saturated heterocycles. The average Bonchev–Trinajstić information content (AvgIpc) is 2.75. The third-order valence-electron chi connectivity index (χ3n) is 3.71. The largest absolute Gasteiger partial charge is 0.455 e. The van der Waals surface area contributed by atoms with Crippen molar-refractivity contribution >= 4 is 11.9 Å². The second-order valence-corrected chi connectivity index (χ2v) is 5.69. The molecule has 5 heteroatoms. The minimum atomic E-state index is -1.30. The van der Waals surface area contributed by atoms with Gasteiger partial charge in [-0.15, -0.1) is 0 Å². The summed E-state index contributed by atoms with van der Waals surface area (Å²) in [7, 11) is 0. The van der Waals surface area contributed by atoms with Crippen molar-refractivity contribution in [3.05, 3.63) is 0 Å². The Labute approximate surface area is 127 Å². The Bertz CT molecular complexity index is 316. The van der Waals surface area contributed by atoms with E-state index in [1.165, 1.54) is 38.5 Å². The maximum Gasteiger partial charge on any atom is 0.312 e. The molecular weight excluding hydrogens is 272 g/mol. The van der Waals surface area contributed by atoms with Crippen molar-refractivity contribution in [3.8, 4) is 0 Å². The molecule has 0 aliphatic carbocycles. The summed E-state index contributed by atoms with van der Waals surface area (Å²) in [5.41, 5.74) is 0. The first-order valence-electron chi connectivity index (χ1n) is 8.20. The second-order valence-electron chi connectivity index (χ2n) is 5.69. The van der Waals surface area contributed by atoms with Crippen LogP contribution in [0.15, 0.2) is 0 Å². The van der Waals surface area contributed by atoms with Gasteiger partial charge in [0.25, 0.3) is 0 Å². The molecular formula is C16H28O5. The Morgan fingerprint density at radius 2 is 1.71 bits per heavy atom. The summed E-state index contributed by atoms with van der Waals surface area (Å²) in [5.74, 6) is -0.885. The Morgan fingerprint density at radius 3 is 2.24 bits per heavy atom.